The van der Waals surface area contributed by atoms with E-state index in [1.54, 1.807) is 47.4 Å². The van der Waals surface area contributed by atoms with Crippen LogP contribution in [-0.4, -0.2) is 57.0 Å². The first-order valence-electron chi connectivity index (χ1n) is 12.5. The number of nitrogens with one attached hydrogen (secondary N) is 2. The Morgan fingerprint density at radius 1 is 0.900 bits per heavy atom. The van der Waals surface area contributed by atoms with Crippen molar-refractivity contribution in [1.82, 2.24) is 10.2 Å². The van der Waals surface area contributed by atoms with Gasteiger partial charge in [-0.2, -0.15) is 0 Å². The van der Waals surface area contributed by atoms with Gasteiger partial charge in [0.15, 0.2) is 0 Å². The van der Waals surface area contributed by atoms with E-state index in [1.165, 1.54) is 0 Å². The number of likely N-dealkylation sites (tertiary alicyclic amines) is 1. The van der Waals surface area contributed by atoms with Gasteiger partial charge in [-0.15, -0.1) is 0 Å². The maximum Gasteiger partial charge on any atom is 0.326 e. The zero-order valence-corrected chi connectivity index (χ0v) is 22.9. The topological polar surface area (TPSA) is 136 Å². The lowest BCUT2D eigenvalue weighted by Crippen LogP contribution is -2.66. The highest BCUT2D eigenvalue weighted by Gasteiger charge is 2.49. The molecule has 4 rings (SSSR count). The molecule has 3 aromatic rings. The molecular formula is C29H27Cl2N3O6. The molecular weight excluding hydrogens is 557 g/mol. The van der Waals surface area contributed by atoms with Crippen molar-refractivity contribution < 1.29 is 29.4 Å². The summed E-state index contributed by atoms with van der Waals surface area (Å²) in [7, 11) is 0. The molecule has 1 heterocycles. The van der Waals surface area contributed by atoms with Crippen LogP contribution < -0.4 is 10.6 Å². The van der Waals surface area contributed by atoms with Gasteiger partial charge in [0, 0.05) is 18.2 Å². The molecule has 0 saturated carbocycles. The van der Waals surface area contributed by atoms with Gasteiger partial charge in [0.05, 0.1) is 21.7 Å². The number of halogens is 2. The van der Waals surface area contributed by atoms with Crippen LogP contribution in [0.25, 0.3) is 0 Å². The van der Waals surface area contributed by atoms with E-state index in [4.69, 9.17) is 23.2 Å². The summed E-state index contributed by atoms with van der Waals surface area (Å²) in [5.41, 5.74) is 2.04. The smallest absolute Gasteiger partial charge is 0.326 e. The van der Waals surface area contributed by atoms with Gasteiger partial charge in [-0.25, -0.2) is 4.79 Å². The van der Waals surface area contributed by atoms with Gasteiger partial charge in [-0.1, -0.05) is 71.7 Å². The Morgan fingerprint density at radius 3 is 2.10 bits per heavy atom. The molecule has 208 valence electrons. The van der Waals surface area contributed by atoms with Gasteiger partial charge >= 0.3 is 11.9 Å². The SMILES string of the molecule is CC(c1ccccc1)N1C(C(=O)O)CC1C(=O)NC(Cc1ccc(NC(=O)c2c(Cl)cccc2Cl)cc1)C(=O)O. The highest BCUT2D eigenvalue weighted by molar-refractivity contribution is 6.40. The lowest BCUT2D eigenvalue weighted by Gasteiger charge is -2.48. The second-order valence-corrected chi connectivity index (χ2v) is 10.3. The molecule has 0 spiro atoms. The van der Waals surface area contributed by atoms with Crippen molar-refractivity contribution in [2.24, 2.45) is 0 Å². The number of anilines is 1. The highest BCUT2D eigenvalue weighted by atomic mass is 35.5. The molecule has 1 fully saturated rings. The summed E-state index contributed by atoms with van der Waals surface area (Å²) in [5.74, 6) is -3.30. The van der Waals surface area contributed by atoms with Crippen molar-refractivity contribution in [3.05, 3.63) is 99.5 Å². The zero-order chi connectivity index (χ0) is 29.0. The van der Waals surface area contributed by atoms with Gasteiger partial charge in [0.2, 0.25) is 5.91 Å². The van der Waals surface area contributed by atoms with Crippen molar-refractivity contribution in [2.75, 3.05) is 5.32 Å². The van der Waals surface area contributed by atoms with Crippen molar-refractivity contribution in [1.29, 1.82) is 0 Å². The van der Waals surface area contributed by atoms with Crippen molar-refractivity contribution in [3.8, 4) is 0 Å². The van der Waals surface area contributed by atoms with E-state index in [0.29, 0.717) is 11.3 Å². The number of aliphatic carboxylic acids is 2. The predicted octanol–water partition coefficient (Wildman–Crippen LogP) is 4.65. The van der Waals surface area contributed by atoms with Gasteiger partial charge in [-0.3, -0.25) is 19.3 Å². The molecule has 3 aromatic carbocycles. The van der Waals surface area contributed by atoms with E-state index in [1.807, 2.05) is 37.3 Å². The van der Waals surface area contributed by atoms with Crippen LogP contribution in [0, 0.1) is 0 Å². The number of hydrogen-bond acceptors (Lipinski definition) is 5. The number of carboxylic acids is 2. The summed E-state index contributed by atoms with van der Waals surface area (Å²) in [6.45, 7) is 1.82. The van der Waals surface area contributed by atoms with Gasteiger partial charge < -0.3 is 20.8 Å². The number of rotatable bonds is 10. The second kappa shape index (κ2) is 12.5. The largest absolute Gasteiger partial charge is 0.480 e. The van der Waals surface area contributed by atoms with Crippen LogP contribution in [0.15, 0.2) is 72.8 Å². The quantitative estimate of drug-likeness (QED) is 0.273. The van der Waals surface area contributed by atoms with Crippen LogP contribution >= 0.6 is 23.2 Å². The molecule has 1 aliphatic rings. The minimum absolute atomic E-state index is 0.0189. The van der Waals surface area contributed by atoms with Gasteiger partial charge in [0.1, 0.15) is 12.1 Å². The molecule has 11 heteroatoms. The first kappa shape index (κ1) is 29.1. The Bertz CT molecular complexity index is 1400. The summed E-state index contributed by atoms with van der Waals surface area (Å²) in [4.78, 5) is 51.1. The fourth-order valence-electron chi connectivity index (χ4n) is 4.78. The summed E-state index contributed by atoms with van der Waals surface area (Å²) in [6, 6.07) is 17.2. The summed E-state index contributed by atoms with van der Waals surface area (Å²) in [6.07, 6.45) is 0.0590. The number of amides is 2. The molecule has 0 aliphatic carbocycles. The summed E-state index contributed by atoms with van der Waals surface area (Å²) < 4.78 is 0. The van der Waals surface area contributed by atoms with Crippen LogP contribution in [0.3, 0.4) is 0 Å². The molecule has 9 nitrogen and oxygen atoms in total. The average molecular weight is 584 g/mol. The van der Waals surface area contributed by atoms with E-state index < -0.39 is 41.9 Å². The summed E-state index contributed by atoms with van der Waals surface area (Å²) >= 11 is 12.2. The molecule has 0 radical (unpaired) electrons. The summed E-state index contributed by atoms with van der Waals surface area (Å²) in [5, 5.41) is 25.1. The van der Waals surface area contributed by atoms with Crippen LogP contribution in [0.2, 0.25) is 10.0 Å². The van der Waals surface area contributed by atoms with Crippen LogP contribution in [-0.2, 0) is 20.8 Å². The Labute approximate surface area is 240 Å². The van der Waals surface area contributed by atoms with Crippen LogP contribution in [0.5, 0.6) is 0 Å². The third-order valence-corrected chi connectivity index (χ3v) is 7.57. The molecule has 40 heavy (non-hydrogen) atoms. The normalized spacial score (nSPS) is 18.2. The first-order valence-corrected chi connectivity index (χ1v) is 13.2. The zero-order valence-electron chi connectivity index (χ0n) is 21.4. The number of hydrogen-bond donors (Lipinski definition) is 4. The predicted molar refractivity (Wildman–Crippen MR) is 151 cm³/mol. The third-order valence-electron chi connectivity index (χ3n) is 6.94. The molecule has 1 saturated heterocycles. The molecule has 0 bridgehead atoms. The fourth-order valence-corrected chi connectivity index (χ4v) is 5.35. The van der Waals surface area contributed by atoms with E-state index in [-0.39, 0.29) is 34.5 Å². The molecule has 4 atom stereocenters. The Kier molecular flexibility index (Phi) is 9.09. The van der Waals surface area contributed by atoms with Crippen LogP contribution in [0.1, 0.15) is 40.9 Å². The number of nitrogens with zero attached hydrogens (tertiary/aromatic N) is 1. The van der Waals surface area contributed by atoms with E-state index >= 15 is 0 Å². The Hall–Kier alpha value is -3.92. The minimum atomic E-state index is -1.24. The average Bonchev–Trinajstić information content (AvgIpc) is 2.89. The molecule has 0 aromatic heterocycles. The number of carbonyl (C=O) groups excluding carboxylic acids is 2. The fraction of sp³-hybridized carbons (Fsp3) is 0.241. The van der Waals surface area contributed by atoms with Crippen LogP contribution in [0.4, 0.5) is 5.69 Å². The van der Waals surface area contributed by atoms with E-state index in [0.717, 1.165) is 5.56 Å². The first-order chi connectivity index (χ1) is 19.1. The number of benzene rings is 3. The van der Waals surface area contributed by atoms with E-state index in [9.17, 15) is 29.4 Å². The molecule has 4 N–H and O–H groups in total. The van der Waals surface area contributed by atoms with Crippen molar-refractivity contribution in [2.45, 2.75) is 43.9 Å². The van der Waals surface area contributed by atoms with Crippen molar-refractivity contribution >= 4 is 52.6 Å². The maximum absolute atomic E-state index is 13.1. The maximum atomic E-state index is 13.1. The lowest BCUT2D eigenvalue weighted by atomic mass is 9.87. The van der Waals surface area contributed by atoms with E-state index in [2.05, 4.69) is 10.6 Å². The van der Waals surface area contributed by atoms with Crippen molar-refractivity contribution in [3.63, 3.8) is 0 Å². The third kappa shape index (κ3) is 6.44. The lowest BCUT2D eigenvalue weighted by molar-refractivity contribution is -0.161. The highest BCUT2D eigenvalue weighted by Crippen LogP contribution is 2.36. The monoisotopic (exact) mass is 583 g/mol. The molecule has 2 amide bonds. The Balaban J connectivity index is 1.41. The number of carbonyl (C=O) groups is 4. The van der Waals surface area contributed by atoms with Gasteiger partial charge in [-0.05, 0) is 48.7 Å². The number of carboxylic acid groups (broad SMARTS) is 2. The molecule has 1 aliphatic heterocycles. The second-order valence-electron chi connectivity index (χ2n) is 9.49. The van der Waals surface area contributed by atoms with Gasteiger partial charge in [0.25, 0.3) is 5.91 Å². The standard InChI is InChI=1S/C29H27Cl2N3O6/c1-16(18-6-3-2-4-7-18)34-23(15-24(34)29(39)40)26(35)33-22(28(37)38)14-17-10-12-19(13-11-17)32-27(36)25-20(30)8-5-9-21(25)31/h2-13,16,22-24H,14-15H2,1H3,(H,32,36)(H,33,35)(H,37,38)(H,39,40). The minimum Gasteiger partial charge on any atom is -0.480 e. The Morgan fingerprint density at radius 2 is 1.52 bits per heavy atom. The molecule has 4 unspecified atom stereocenters.